The minimum Gasteiger partial charge on any atom is -0.497 e. The molecule has 1 aromatic heterocycles. The Morgan fingerprint density at radius 1 is 1.11 bits per heavy atom. The summed E-state index contributed by atoms with van der Waals surface area (Å²) in [4.78, 5) is 24.8. The molecule has 3 N–H and O–H groups in total. The van der Waals surface area contributed by atoms with E-state index in [2.05, 4.69) is 26.1 Å². The van der Waals surface area contributed by atoms with E-state index in [0.717, 1.165) is 11.3 Å². The van der Waals surface area contributed by atoms with Gasteiger partial charge in [0.25, 0.3) is 0 Å². The van der Waals surface area contributed by atoms with E-state index in [9.17, 15) is 9.59 Å². The largest absolute Gasteiger partial charge is 0.497 e. The molecule has 28 heavy (non-hydrogen) atoms. The number of nitrogens with zero attached hydrogens (tertiary/aromatic N) is 2. The third-order valence-corrected chi connectivity index (χ3v) is 4.60. The number of benzene rings is 1. The number of hydrogen-bond acceptors (Lipinski definition) is 6. The fraction of sp³-hybridized carbons (Fsp3) is 0.474. The Morgan fingerprint density at radius 3 is 2.29 bits per heavy atom. The number of carbonyl (C=O) groups excluding carboxylic acids is 2. The van der Waals surface area contributed by atoms with Crippen LogP contribution in [0.4, 0.5) is 9.93 Å². The number of rotatable bonds is 6. The van der Waals surface area contributed by atoms with Crippen molar-refractivity contribution in [1.29, 1.82) is 0 Å². The normalized spacial score (nSPS) is 12.4. The zero-order valence-corrected chi connectivity index (χ0v) is 17.8. The van der Waals surface area contributed by atoms with Gasteiger partial charge in [0.15, 0.2) is 0 Å². The predicted octanol–water partition coefficient (Wildman–Crippen LogP) is 3.27. The maximum absolute atomic E-state index is 12.7. The van der Waals surface area contributed by atoms with Gasteiger partial charge in [-0.1, -0.05) is 25.2 Å². The zero-order chi connectivity index (χ0) is 20.9. The summed E-state index contributed by atoms with van der Waals surface area (Å²) in [6.45, 7) is 9.35. The molecular weight excluding hydrogens is 378 g/mol. The Hall–Kier alpha value is -2.68. The van der Waals surface area contributed by atoms with Crippen molar-refractivity contribution < 1.29 is 14.3 Å². The summed E-state index contributed by atoms with van der Waals surface area (Å²) < 4.78 is 5.14. The molecule has 1 unspecified atom stereocenters. The fourth-order valence-electron chi connectivity index (χ4n) is 2.36. The second kappa shape index (κ2) is 9.01. The summed E-state index contributed by atoms with van der Waals surface area (Å²) in [6, 6.07) is 6.33. The Bertz CT molecular complexity index is 812. The summed E-state index contributed by atoms with van der Waals surface area (Å²) in [6.07, 6.45) is 0. The summed E-state index contributed by atoms with van der Waals surface area (Å²) in [5.74, 6) is 0.317. The Labute approximate surface area is 169 Å². The third kappa shape index (κ3) is 6.19. The van der Waals surface area contributed by atoms with Crippen LogP contribution >= 0.6 is 11.3 Å². The van der Waals surface area contributed by atoms with E-state index in [1.807, 2.05) is 58.9 Å². The first kappa shape index (κ1) is 21.6. The summed E-state index contributed by atoms with van der Waals surface area (Å²) >= 11 is 1.26. The third-order valence-electron chi connectivity index (χ3n) is 3.72. The highest BCUT2D eigenvalue weighted by atomic mass is 32.1. The van der Waals surface area contributed by atoms with Gasteiger partial charge in [-0.15, -0.1) is 10.2 Å². The van der Waals surface area contributed by atoms with Crippen LogP contribution in [0.1, 0.15) is 34.6 Å². The molecule has 0 radical (unpaired) electrons. The molecule has 0 aliphatic carbocycles. The maximum Gasteiger partial charge on any atom is 0.315 e. The van der Waals surface area contributed by atoms with Crippen LogP contribution < -0.4 is 20.7 Å². The van der Waals surface area contributed by atoms with Gasteiger partial charge in [0.2, 0.25) is 11.0 Å². The van der Waals surface area contributed by atoms with Crippen LogP contribution in [0.15, 0.2) is 24.3 Å². The smallest absolute Gasteiger partial charge is 0.315 e. The van der Waals surface area contributed by atoms with Crippen LogP contribution in [0.2, 0.25) is 0 Å². The number of hydrogen-bond donors (Lipinski definition) is 3. The molecule has 1 heterocycles. The fourth-order valence-corrected chi connectivity index (χ4v) is 3.11. The van der Waals surface area contributed by atoms with E-state index in [0.29, 0.717) is 10.1 Å². The molecule has 0 saturated carbocycles. The zero-order valence-electron chi connectivity index (χ0n) is 17.0. The van der Waals surface area contributed by atoms with Crippen molar-refractivity contribution in [2.24, 2.45) is 5.92 Å². The first-order chi connectivity index (χ1) is 13.1. The van der Waals surface area contributed by atoms with Crippen LogP contribution in [0.3, 0.4) is 0 Å². The highest BCUT2D eigenvalue weighted by molar-refractivity contribution is 7.18. The Balaban J connectivity index is 2.05. The lowest BCUT2D eigenvalue weighted by Crippen LogP contribution is -2.54. The highest BCUT2D eigenvalue weighted by Gasteiger charge is 2.26. The highest BCUT2D eigenvalue weighted by Crippen LogP contribution is 2.28. The average Bonchev–Trinajstić information content (AvgIpc) is 3.06. The second-order valence-corrected chi connectivity index (χ2v) is 8.68. The topological polar surface area (TPSA) is 105 Å². The molecule has 3 amide bonds. The molecule has 0 fully saturated rings. The quantitative estimate of drug-likeness (QED) is 0.684. The minimum absolute atomic E-state index is 0.0975. The lowest BCUT2D eigenvalue weighted by Gasteiger charge is -2.25. The van der Waals surface area contributed by atoms with Gasteiger partial charge in [-0.25, -0.2) is 4.79 Å². The van der Waals surface area contributed by atoms with Gasteiger partial charge in [0.05, 0.1) is 7.11 Å². The molecule has 2 rings (SSSR count). The molecule has 152 valence electrons. The minimum atomic E-state index is -0.698. The monoisotopic (exact) mass is 405 g/mol. The van der Waals surface area contributed by atoms with E-state index in [1.165, 1.54) is 11.3 Å². The Kier molecular flexibility index (Phi) is 6.95. The first-order valence-corrected chi connectivity index (χ1v) is 9.78. The van der Waals surface area contributed by atoms with Gasteiger partial charge in [0.1, 0.15) is 16.8 Å². The number of urea groups is 1. The molecule has 2 aromatic rings. The number of amides is 3. The van der Waals surface area contributed by atoms with Gasteiger partial charge >= 0.3 is 6.03 Å². The van der Waals surface area contributed by atoms with Crippen molar-refractivity contribution in [3.05, 3.63) is 24.3 Å². The van der Waals surface area contributed by atoms with E-state index >= 15 is 0 Å². The van der Waals surface area contributed by atoms with E-state index in [4.69, 9.17) is 4.74 Å². The maximum atomic E-state index is 12.7. The van der Waals surface area contributed by atoms with Crippen LogP contribution in [0, 0.1) is 5.92 Å². The molecule has 0 saturated heterocycles. The van der Waals surface area contributed by atoms with Crippen molar-refractivity contribution >= 4 is 28.4 Å². The molecule has 0 aliphatic rings. The Morgan fingerprint density at radius 2 is 1.75 bits per heavy atom. The number of ether oxygens (including phenoxy) is 1. The summed E-state index contributed by atoms with van der Waals surface area (Å²) in [5, 5.41) is 17.5. The molecule has 1 atom stereocenters. The van der Waals surface area contributed by atoms with Gasteiger partial charge < -0.3 is 15.4 Å². The SMILES string of the molecule is COc1ccc(-c2nnc(NC(=O)C(NC(=O)NC(C)(C)C)C(C)C)s2)cc1. The van der Waals surface area contributed by atoms with Crippen LogP contribution in [-0.2, 0) is 4.79 Å². The van der Waals surface area contributed by atoms with Gasteiger partial charge in [-0.05, 0) is 51.0 Å². The van der Waals surface area contributed by atoms with Crippen LogP contribution in [0.25, 0.3) is 10.6 Å². The van der Waals surface area contributed by atoms with Crippen LogP contribution in [-0.4, -0.2) is 40.8 Å². The number of aromatic nitrogens is 2. The molecule has 0 spiro atoms. The van der Waals surface area contributed by atoms with Crippen LogP contribution in [0.5, 0.6) is 5.75 Å². The molecule has 0 bridgehead atoms. The van der Waals surface area contributed by atoms with E-state index in [1.54, 1.807) is 7.11 Å². The number of methoxy groups -OCH3 is 1. The van der Waals surface area contributed by atoms with Gasteiger partial charge in [-0.3, -0.25) is 10.1 Å². The van der Waals surface area contributed by atoms with Gasteiger partial charge in [-0.2, -0.15) is 0 Å². The molecule has 1 aromatic carbocycles. The first-order valence-electron chi connectivity index (χ1n) is 8.96. The van der Waals surface area contributed by atoms with E-state index in [-0.39, 0.29) is 11.8 Å². The molecule has 0 aliphatic heterocycles. The molecular formula is C19H27N5O3S. The van der Waals surface area contributed by atoms with Crippen molar-refractivity contribution in [3.63, 3.8) is 0 Å². The second-order valence-electron chi connectivity index (χ2n) is 7.70. The number of nitrogens with one attached hydrogen (secondary N) is 3. The summed E-state index contributed by atoms with van der Waals surface area (Å²) in [5.41, 5.74) is 0.482. The van der Waals surface area contributed by atoms with Crippen molar-refractivity contribution in [2.75, 3.05) is 12.4 Å². The lowest BCUT2D eigenvalue weighted by atomic mass is 10.0. The molecule has 9 heteroatoms. The van der Waals surface area contributed by atoms with Crippen molar-refractivity contribution in [3.8, 4) is 16.3 Å². The number of anilines is 1. The lowest BCUT2D eigenvalue weighted by molar-refractivity contribution is -0.118. The molecule has 8 nitrogen and oxygen atoms in total. The summed E-state index contributed by atoms with van der Waals surface area (Å²) in [7, 11) is 1.61. The predicted molar refractivity (Wildman–Crippen MR) is 111 cm³/mol. The van der Waals surface area contributed by atoms with E-state index < -0.39 is 17.6 Å². The average molecular weight is 406 g/mol. The van der Waals surface area contributed by atoms with Crippen molar-refractivity contribution in [1.82, 2.24) is 20.8 Å². The number of carbonyl (C=O) groups is 2. The van der Waals surface area contributed by atoms with Gasteiger partial charge in [0, 0.05) is 11.1 Å². The standard InChI is InChI=1S/C19H27N5O3S/c1-11(2)14(20-17(26)22-19(3,4)5)15(25)21-18-24-23-16(28-18)12-7-9-13(27-6)10-8-12/h7-11,14H,1-6H3,(H2,20,22,26)(H,21,24,25). The van der Waals surface area contributed by atoms with Crippen molar-refractivity contribution in [2.45, 2.75) is 46.2 Å².